The maximum atomic E-state index is 13.1. The summed E-state index contributed by atoms with van der Waals surface area (Å²) in [7, 11) is 1.70. The summed E-state index contributed by atoms with van der Waals surface area (Å²) in [6.07, 6.45) is 1.88. The predicted octanol–water partition coefficient (Wildman–Crippen LogP) is 3.95. The molecule has 2 heterocycles. The van der Waals surface area contributed by atoms with Gasteiger partial charge in [-0.05, 0) is 48.7 Å². The number of anilines is 2. The molecule has 2 amide bonds. The highest BCUT2D eigenvalue weighted by Crippen LogP contribution is 2.28. The monoisotopic (exact) mass is 371 g/mol. The van der Waals surface area contributed by atoms with Gasteiger partial charge in [0.15, 0.2) is 0 Å². The molecule has 0 atom stereocenters. The van der Waals surface area contributed by atoms with E-state index in [0.29, 0.717) is 6.54 Å². The number of benzene rings is 2. The van der Waals surface area contributed by atoms with Crippen molar-refractivity contribution < 1.29 is 9.59 Å². The van der Waals surface area contributed by atoms with Crippen molar-refractivity contribution >= 4 is 23.2 Å². The van der Waals surface area contributed by atoms with E-state index in [0.717, 1.165) is 29.8 Å². The Morgan fingerprint density at radius 1 is 0.893 bits per heavy atom. The fraction of sp³-hybridized carbons (Fsp3) is 0.174. The molecule has 0 saturated carbocycles. The van der Waals surface area contributed by atoms with Crippen molar-refractivity contribution in [2.24, 2.45) is 0 Å². The smallest absolute Gasteiger partial charge is 0.276 e. The molecule has 0 radical (unpaired) electrons. The molecule has 28 heavy (non-hydrogen) atoms. The maximum Gasteiger partial charge on any atom is 0.276 e. The number of amides is 2. The molecule has 4 rings (SSSR count). The largest absolute Gasteiger partial charge is 0.310 e. The van der Waals surface area contributed by atoms with Crippen LogP contribution in [-0.4, -0.2) is 30.4 Å². The van der Waals surface area contributed by atoms with Crippen molar-refractivity contribution in [3.63, 3.8) is 0 Å². The van der Waals surface area contributed by atoms with Gasteiger partial charge in [-0.3, -0.25) is 9.59 Å². The van der Waals surface area contributed by atoms with Crippen molar-refractivity contribution in [2.75, 3.05) is 23.4 Å². The highest BCUT2D eigenvalue weighted by molar-refractivity contribution is 6.08. The first-order chi connectivity index (χ1) is 13.6. The first-order valence-corrected chi connectivity index (χ1v) is 9.35. The molecule has 0 spiro atoms. The number of fused-ring (bicyclic) bond motifs is 1. The van der Waals surface area contributed by atoms with Gasteiger partial charge in [-0.1, -0.05) is 42.5 Å². The molecule has 0 saturated heterocycles. The van der Waals surface area contributed by atoms with Crippen molar-refractivity contribution in [1.29, 1.82) is 0 Å². The average molecular weight is 371 g/mol. The standard InChI is InChI=1S/C23H21N3O2/c1-25(18-11-3-2-4-12-18)22(27)19-13-7-14-20(24-19)23(28)26-16-8-10-17-9-5-6-15-21(17)26/h2-7,9,11-15H,8,10,16H2,1H3. The van der Waals surface area contributed by atoms with Crippen LogP contribution >= 0.6 is 0 Å². The summed E-state index contributed by atoms with van der Waals surface area (Å²) in [5.41, 5.74) is 3.40. The van der Waals surface area contributed by atoms with E-state index in [1.807, 2.05) is 48.5 Å². The summed E-state index contributed by atoms with van der Waals surface area (Å²) in [4.78, 5) is 33.6. The number of hydrogen-bond acceptors (Lipinski definition) is 3. The summed E-state index contributed by atoms with van der Waals surface area (Å²) in [5, 5.41) is 0. The van der Waals surface area contributed by atoms with E-state index >= 15 is 0 Å². The number of aromatic nitrogens is 1. The molecule has 5 nitrogen and oxygen atoms in total. The lowest BCUT2D eigenvalue weighted by Crippen LogP contribution is -2.36. The van der Waals surface area contributed by atoms with Crippen molar-refractivity contribution in [2.45, 2.75) is 12.8 Å². The van der Waals surface area contributed by atoms with Gasteiger partial charge >= 0.3 is 0 Å². The molecule has 0 N–H and O–H groups in total. The van der Waals surface area contributed by atoms with Crippen LogP contribution in [0.2, 0.25) is 0 Å². The lowest BCUT2D eigenvalue weighted by atomic mass is 10.0. The summed E-state index contributed by atoms with van der Waals surface area (Å²) in [6, 6.07) is 22.3. The average Bonchev–Trinajstić information content (AvgIpc) is 2.78. The van der Waals surface area contributed by atoms with E-state index in [1.54, 1.807) is 30.1 Å². The van der Waals surface area contributed by atoms with E-state index in [1.165, 1.54) is 4.90 Å². The topological polar surface area (TPSA) is 53.5 Å². The van der Waals surface area contributed by atoms with E-state index in [4.69, 9.17) is 0 Å². The van der Waals surface area contributed by atoms with E-state index in [-0.39, 0.29) is 23.2 Å². The van der Waals surface area contributed by atoms with Crippen molar-refractivity contribution in [1.82, 2.24) is 4.98 Å². The van der Waals surface area contributed by atoms with E-state index in [2.05, 4.69) is 11.1 Å². The molecule has 140 valence electrons. The molecule has 0 fully saturated rings. The van der Waals surface area contributed by atoms with Gasteiger partial charge < -0.3 is 9.80 Å². The number of rotatable bonds is 3. The third-order valence-corrected chi connectivity index (χ3v) is 4.99. The molecule has 0 aliphatic carbocycles. The molecule has 0 bridgehead atoms. The van der Waals surface area contributed by atoms with Gasteiger partial charge in [0, 0.05) is 25.0 Å². The van der Waals surface area contributed by atoms with Crippen LogP contribution in [0.15, 0.2) is 72.8 Å². The van der Waals surface area contributed by atoms with Crippen LogP contribution in [0.4, 0.5) is 11.4 Å². The van der Waals surface area contributed by atoms with Crippen LogP contribution in [0.25, 0.3) is 0 Å². The Morgan fingerprint density at radius 3 is 2.43 bits per heavy atom. The molecule has 2 aromatic carbocycles. The number of hydrogen-bond donors (Lipinski definition) is 0. The Kier molecular flexibility index (Phi) is 4.89. The second-order valence-electron chi connectivity index (χ2n) is 6.80. The van der Waals surface area contributed by atoms with Crippen LogP contribution in [0.1, 0.15) is 33.0 Å². The summed E-state index contributed by atoms with van der Waals surface area (Å²) in [5.74, 6) is -0.427. The SMILES string of the molecule is CN(C(=O)c1cccc(C(=O)N2CCCc3ccccc32)n1)c1ccccc1. The Balaban J connectivity index is 1.61. The zero-order valence-electron chi connectivity index (χ0n) is 15.7. The predicted molar refractivity (Wildman–Crippen MR) is 110 cm³/mol. The van der Waals surface area contributed by atoms with Crippen LogP contribution < -0.4 is 9.80 Å². The Bertz CT molecular complexity index is 1020. The Morgan fingerprint density at radius 2 is 1.61 bits per heavy atom. The van der Waals surface area contributed by atoms with Crippen LogP contribution in [0.3, 0.4) is 0 Å². The Labute approximate surface area is 164 Å². The third kappa shape index (κ3) is 3.39. The highest BCUT2D eigenvalue weighted by Gasteiger charge is 2.25. The molecule has 1 aromatic heterocycles. The number of aryl methyl sites for hydroxylation is 1. The summed E-state index contributed by atoms with van der Waals surface area (Å²) < 4.78 is 0. The fourth-order valence-electron chi connectivity index (χ4n) is 3.50. The van der Waals surface area contributed by atoms with Crippen LogP contribution in [0, 0.1) is 0 Å². The van der Waals surface area contributed by atoms with E-state index in [9.17, 15) is 9.59 Å². The fourth-order valence-corrected chi connectivity index (χ4v) is 3.50. The van der Waals surface area contributed by atoms with Gasteiger partial charge in [0.05, 0.1) is 0 Å². The van der Waals surface area contributed by atoms with E-state index < -0.39 is 0 Å². The number of nitrogens with zero attached hydrogens (tertiary/aromatic N) is 3. The molecular weight excluding hydrogens is 350 g/mol. The number of carbonyl (C=O) groups excluding carboxylic acids is 2. The van der Waals surface area contributed by atoms with Gasteiger partial charge in [0.25, 0.3) is 11.8 Å². The van der Waals surface area contributed by atoms with Gasteiger partial charge in [0.1, 0.15) is 11.4 Å². The summed E-state index contributed by atoms with van der Waals surface area (Å²) >= 11 is 0. The molecular formula is C23H21N3O2. The first-order valence-electron chi connectivity index (χ1n) is 9.35. The van der Waals surface area contributed by atoms with Gasteiger partial charge in [-0.2, -0.15) is 0 Å². The van der Waals surface area contributed by atoms with Gasteiger partial charge in [-0.25, -0.2) is 4.98 Å². The first kappa shape index (κ1) is 17.9. The van der Waals surface area contributed by atoms with Crippen LogP contribution in [0.5, 0.6) is 0 Å². The number of pyridine rings is 1. The molecule has 1 aliphatic rings. The number of carbonyl (C=O) groups is 2. The zero-order chi connectivity index (χ0) is 19.5. The Hall–Kier alpha value is -3.47. The molecule has 5 heteroatoms. The molecule has 1 aliphatic heterocycles. The minimum absolute atomic E-state index is 0.177. The second kappa shape index (κ2) is 7.64. The lowest BCUT2D eigenvalue weighted by Gasteiger charge is -2.29. The van der Waals surface area contributed by atoms with Crippen LogP contribution in [-0.2, 0) is 6.42 Å². The number of para-hydroxylation sites is 2. The third-order valence-electron chi connectivity index (χ3n) is 4.99. The normalized spacial score (nSPS) is 13.0. The highest BCUT2D eigenvalue weighted by atomic mass is 16.2. The summed E-state index contributed by atoms with van der Waals surface area (Å²) in [6.45, 7) is 0.652. The molecule has 3 aromatic rings. The second-order valence-corrected chi connectivity index (χ2v) is 6.80. The van der Waals surface area contributed by atoms with Crippen molar-refractivity contribution in [3.8, 4) is 0 Å². The maximum absolute atomic E-state index is 13.1. The van der Waals surface area contributed by atoms with Gasteiger partial charge in [-0.15, -0.1) is 0 Å². The zero-order valence-corrected chi connectivity index (χ0v) is 15.7. The lowest BCUT2D eigenvalue weighted by molar-refractivity contribution is 0.0978. The quantitative estimate of drug-likeness (QED) is 0.700. The minimum atomic E-state index is -0.250. The van der Waals surface area contributed by atoms with Crippen molar-refractivity contribution in [3.05, 3.63) is 89.7 Å². The minimum Gasteiger partial charge on any atom is -0.310 e. The van der Waals surface area contributed by atoms with Gasteiger partial charge in [0.2, 0.25) is 0 Å². The molecule has 0 unspecified atom stereocenters.